The normalized spacial score (nSPS) is 16.6. The lowest BCUT2D eigenvalue weighted by Crippen LogP contribution is -2.45. The van der Waals surface area contributed by atoms with E-state index in [1.54, 1.807) is 0 Å². The summed E-state index contributed by atoms with van der Waals surface area (Å²) in [5.74, 6) is 0. The first kappa shape index (κ1) is 7.72. The summed E-state index contributed by atoms with van der Waals surface area (Å²) in [6.07, 6.45) is 0. The van der Waals surface area contributed by atoms with E-state index in [0.717, 1.165) is 14.9 Å². The molecule has 0 heterocycles. The second-order valence-electron chi connectivity index (χ2n) is 2.93. The molecule has 1 nitrogen and oxygen atoms in total. The number of rotatable bonds is 1. The Hall–Kier alpha value is -0.386. The van der Waals surface area contributed by atoms with E-state index in [0.29, 0.717) is 0 Å². The lowest BCUT2D eigenvalue weighted by atomic mass is 10.4. The van der Waals surface area contributed by atoms with Crippen LogP contribution in [0.3, 0.4) is 0 Å². The molecule has 0 saturated carbocycles. The fraction of sp³-hybridized carbons (Fsp3) is 0.143. The van der Waals surface area contributed by atoms with Crippen molar-refractivity contribution in [3.8, 4) is 0 Å². The maximum Gasteiger partial charge on any atom is 0.191 e. The average Bonchev–Trinajstić information content (AvgIpc) is 1.88. The van der Waals surface area contributed by atoms with Gasteiger partial charge in [0.1, 0.15) is 0 Å². The monoisotopic (exact) mass is 168 g/mol. The summed E-state index contributed by atoms with van der Waals surface area (Å²) in [5, 5.41) is 1.15. The molecular formula is C7H12OSi2. The van der Waals surface area contributed by atoms with Gasteiger partial charge in [0.25, 0.3) is 0 Å². The summed E-state index contributed by atoms with van der Waals surface area (Å²) in [5.41, 5.74) is 0. The molecule has 1 atom stereocenters. The minimum Gasteiger partial charge on any atom is -0.431 e. The molecule has 3 heteroatoms. The minimum atomic E-state index is -1.89. The van der Waals surface area contributed by atoms with E-state index in [4.69, 9.17) is 0 Å². The van der Waals surface area contributed by atoms with Gasteiger partial charge in [0.05, 0.1) is 0 Å². The van der Waals surface area contributed by atoms with E-state index in [2.05, 4.69) is 0 Å². The molecule has 0 saturated heterocycles. The molecule has 1 unspecified atom stereocenters. The lowest BCUT2D eigenvalue weighted by Gasteiger charge is -2.13. The maximum absolute atomic E-state index is 9.69. The van der Waals surface area contributed by atoms with Crippen molar-refractivity contribution in [3.63, 3.8) is 0 Å². The third-order valence-electron chi connectivity index (χ3n) is 1.48. The molecule has 10 heavy (non-hydrogen) atoms. The van der Waals surface area contributed by atoms with Gasteiger partial charge in [-0.25, -0.2) is 0 Å². The van der Waals surface area contributed by atoms with Crippen LogP contribution in [-0.2, 0) is 0 Å². The van der Waals surface area contributed by atoms with Crippen molar-refractivity contribution in [1.82, 2.24) is 0 Å². The van der Waals surface area contributed by atoms with E-state index in [1.165, 1.54) is 0 Å². The summed E-state index contributed by atoms with van der Waals surface area (Å²) in [6.45, 7) is 1.98. The molecule has 0 aliphatic heterocycles. The van der Waals surface area contributed by atoms with Crippen LogP contribution in [0.2, 0.25) is 6.55 Å². The zero-order chi connectivity index (χ0) is 7.61. The van der Waals surface area contributed by atoms with Crippen LogP contribution in [0.25, 0.3) is 0 Å². The smallest absolute Gasteiger partial charge is 0.191 e. The second kappa shape index (κ2) is 2.69. The van der Waals surface area contributed by atoms with Gasteiger partial charge in [0.15, 0.2) is 7.83 Å². The lowest BCUT2D eigenvalue weighted by molar-refractivity contribution is 0.584. The fourth-order valence-corrected chi connectivity index (χ4v) is 2.85. The molecule has 0 amide bonds. The Morgan fingerprint density at radius 1 is 1.30 bits per heavy atom. The number of hydrogen-bond acceptors (Lipinski definition) is 1. The van der Waals surface area contributed by atoms with Crippen molar-refractivity contribution in [1.29, 1.82) is 0 Å². The summed E-state index contributed by atoms with van der Waals surface area (Å²) < 4.78 is 0. The highest BCUT2D eigenvalue weighted by molar-refractivity contribution is 7.19. The summed E-state index contributed by atoms with van der Waals surface area (Å²) in [7, 11) is -0.984. The standard InChI is InChI=1S/C7H12OSi2/c1-10(8,9)7-5-3-2-4-6-7/h2-6,8H,1,9H3. The minimum absolute atomic E-state index is 0.910. The fourth-order valence-electron chi connectivity index (χ4n) is 0.846. The van der Waals surface area contributed by atoms with Crippen LogP contribution < -0.4 is 5.19 Å². The molecule has 0 radical (unpaired) electrons. The predicted molar refractivity (Wildman–Crippen MR) is 49.9 cm³/mol. The van der Waals surface area contributed by atoms with Gasteiger partial charge >= 0.3 is 0 Å². The molecule has 0 aromatic heterocycles. The van der Waals surface area contributed by atoms with Gasteiger partial charge in [-0.1, -0.05) is 30.3 Å². The van der Waals surface area contributed by atoms with Crippen molar-refractivity contribution >= 4 is 22.8 Å². The van der Waals surface area contributed by atoms with E-state index < -0.39 is 7.83 Å². The SMILES string of the molecule is C[Si](O)([SiH3])c1ccccc1. The van der Waals surface area contributed by atoms with Gasteiger partial charge in [-0.05, 0) is 11.7 Å². The third-order valence-corrected chi connectivity index (χ3v) is 4.96. The quantitative estimate of drug-likeness (QED) is 0.551. The van der Waals surface area contributed by atoms with E-state index in [-0.39, 0.29) is 0 Å². The highest BCUT2D eigenvalue weighted by atomic mass is 29.2. The van der Waals surface area contributed by atoms with Gasteiger partial charge < -0.3 is 4.80 Å². The van der Waals surface area contributed by atoms with Crippen molar-refractivity contribution in [2.45, 2.75) is 6.55 Å². The summed E-state index contributed by atoms with van der Waals surface area (Å²) in [6, 6.07) is 9.97. The molecule has 1 rings (SSSR count). The molecule has 0 bridgehead atoms. The molecule has 1 aromatic carbocycles. The van der Waals surface area contributed by atoms with E-state index >= 15 is 0 Å². The molecular weight excluding hydrogens is 156 g/mol. The first-order valence-electron chi connectivity index (χ1n) is 3.38. The van der Waals surface area contributed by atoms with Gasteiger partial charge in [-0.3, -0.25) is 0 Å². The molecule has 1 aromatic rings. The van der Waals surface area contributed by atoms with Gasteiger partial charge in [-0.2, -0.15) is 0 Å². The second-order valence-corrected chi connectivity index (χ2v) is 12.5. The van der Waals surface area contributed by atoms with Gasteiger partial charge in [-0.15, -0.1) is 0 Å². The Balaban J connectivity index is 2.97. The average molecular weight is 168 g/mol. The Morgan fingerprint density at radius 2 is 1.80 bits per heavy atom. The van der Waals surface area contributed by atoms with Crippen LogP contribution in [0.1, 0.15) is 0 Å². The third kappa shape index (κ3) is 1.80. The molecule has 0 fully saturated rings. The molecule has 0 aliphatic rings. The topological polar surface area (TPSA) is 20.2 Å². The van der Waals surface area contributed by atoms with E-state index in [9.17, 15) is 4.80 Å². The zero-order valence-electron chi connectivity index (χ0n) is 6.33. The van der Waals surface area contributed by atoms with Crippen molar-refractivity contribution in [3.05, 3.63) is 30.3 Å². The van der Waals surface area contributed by atoms with Crippen LogP contribution in [0, 0.1) is 0 Å². The Kier molecular flexibility index (Phi) is 2.08. The van der Waals surface area contributed by atoms with Crippen molar-refractivity contribution < 1.29 is 4.80 Å². The number of hydrogen-bond donors (Lipinski definition) is 1. The van der Waals surface area contributed by atoms with Gasteiger partial charge in [0, 0.05) is 9.76 Å². The highest BCUT2D eigenvalue weighted by Gasteiger charge is 2.18. The van der Waals surface area contributed by atoms with Crippen LogP contribution in [0.5, 0.6) is 0 Å². The van der Waals surface area contributed by atoms with E-state index in [1.807, 2.05) is 36.9 Å². The molecule has 0 spiro atoms. The van der Waals surface area contributed by atoms with Crippen molar-refractivity contribution in [2.24, 2.45) is 0 Å². The Bertz CT molecular complexity index is 203. The first-order valence-corrected chi connectivity index (χ1v) is 9.33. The van der Waals surface area contributed by atoms with Crippen LogP contribution in [-0.4, -0.2) is 22.4 Å². The van der Waals surface area contributed by atoms with Crippen LogP contribution in [0.4, 0.5) is 0 Å². The summed E-state index contributed by atoms with van der Waals surface area (Å²) >= 11 is 0. The van der Waals surface area contributed by atoms with Crippen LogP contribution in [0.15, 0.2) is 30.3 Å². The molecule has 0 aliphatic carbocycles. The summed E-state index contributed by atoms with van der Waals surface area (Å²) in [4.78, 5) is 9.69. The molecule has 54 valence electrons. The highest BCUT2D eigenvalue weighted by Crippen LogP contribution is 1.92. The van der Waals surface area contributed by atoms with Gasteiger partial charge in [0.2, 0.25) is 0 Å². The Labute approximate surface area is 65.1 Å². The first-order chi connectivity index (χ1) is 4.61. The van der Waals surface area contributed by atoms with Crippen molar-refractivity contribution in [2.75, 3.05) is 0 Å². The zero-order valence-corrected chi connectivity index (χ0v) is 9.33. The maximum atomic E-state index is 9.69. The van der Waals surface area contributed by atoms with Crippen LogP contribution >= 0.6 is 0 Å². The Morgan fingerprint density at radius 3 is 2.10 bits per heavy atom. The number of benzene rings is 1. The molecule has 1 N–H and O–H groups in total. The predicted octanol–water partition coefficient (Wildman–Crippen LogP) is -0.677. The largest absolute Gasteiger partial charge is 0.431 e.